The van der Waals surface area contributed by atoms with Gasteiger partial charge in [0.05, 0.1) is 5.02 Å². The number of hydrogen-bond donors (Lipinski definition) is 0. The zero-order valence-electron chi connectivity index (χ0n) is 14.2. The number of carbonyl (C=O) groups excluding carboxylic acids is 1. The van der Waals surface area contributed by atoms with Crippen LogP contribution in [-0.4, -0.2) is 51.7 Å². The van der Waals surface area contributed by atoms with Gasteiger partial charge in [0.1, 0.15) is 0 Å². The highest BCUT2D eigenvalue weighted by molar-refractivity contribution is 6.33. The van der Waals surface area contributed by atoms with E-state index in [4.69, 9.17) is 11.6 Å². The Morgan fingerprint density at radius 3 is 2.42 bits per heavy atom. The number of aromatic nitrogens is 2. The van der Waals surface area contributed by atoms with E-state index in [9.17, 15) is 4.79 Å². The minimum Gasteiger partial charge on any atom is -0.335 e. The molecule has 5 nitrogen and oxygen atoms in total. The molecule has 0 atom stereocenters. The van der Waals surface area contributed by atoms with Crippen molar-refractivity contribution >= 4 is 17.5 Å². The first-order valence-electron chi connectivity index (χ1n) is 8.37. The summed E-state index contributed by atoms with van der Waals surface area (Å²) in [4.78, 5) is 16.8. The lowest BCUT2D eigenvalue weighted by Crippen LogP contribution is -2.48. The van der Waals surface area contributed by atoms with Gasteiger partial charge in [0.15, 0.2) is 5.69 Å². The van der Waals surface area contributed by atoms with Gasteiger partial charge in [-0.25, -0.2) is 0 Å². The third-order valence-electron chi connectivity index (χ3n) is 4.43. The summed E-state index contributed by atoms with van der Waals surface area (Å²) >= 11 is 6.15. The van der Waals surface area contributed by atoms with Gasteiger partial charge in [-0.1, -0.05) is 41.4 Å². The van der Waals surface area contributed by atoms with E-state index in [0.717, 1.165) is 19.6 Å². The van der Waals surface area contributed by atoms with Crippen molar-refractivity contribution in [1.29, 1.82) is 0 Å². The molecule has 0 bridgehead atoms. The number of carbonyl (C=O) groups is 1. The first-order valence-corrected chi connectivity index (χ1v) is 8.74. The number of amides is 1. The molecule has 0 saturated carbocycles. The molecule has 1 amide bonds. The maximum atomic E-state index is 12.6. The summed E-state index contributed by atoms with van der Waals surface area (Å²) in [6, 6.07) is 8.62. The molecular weight excluding hydrogens is 324 g/mol. The van der Waals surface area contributed by atoms with E-state index in [0.29, 0.717) is 30.4 Å². The lowest BCUT2D eigenvalue weighted by atomic mass is 10.1. The van der Waals surface area contributed by atoms with Crippen molar-refractivity contribution in [3.05, 3.63) is 52.3 Å². The van der Waals surface area contributed by atoms with Crippen molar-refractivity contribution in [1.82, 2.24) is 19.6 Å². The molecule has 1 aromatic carbocycles. The van der Waals surface area contributed by atoms with E-state index in [2.05, 4.69) is 41.2 Å². The van der Waals surface area contributed by atoms with Crippen LogP contribution in [0.25, 0.3) is 0 Å². The second-order valence-corrected chi connectivity index (χ2v) is 6.64. The van der Waals surface area contributed by atoms with E-state index in [1.165, 1.54) is 11.1 Å². The van der Waals surface area contributed by atoms with Gasteiger partial charge in [0.2, 0.25) is 0 Å². The van der Waals surface area contributed by atoms with E-state index >= 15 is 0 Å². The fourth-order valence-corrected chi connectivity index (χ4v) is 3.15. The Morgan fingerprint density at radius 2 is 1.83 bits per heavy atom. The minimum absolute atomic E-state index is 0.0674. The van der Waals surface area contributed by atoms with Crippen LogP contribution >= 0.6 is 11.6 Å². The fraction of sp³-hybridized carbons (Fsp3) is 0.444. The number of aryl methyl sites for hydroxylation is 2. The monoisotopic (exact) mass is 346 g/mol. The first kappa shape index (κ1) is 17.0. The van der Waals surface area contributed by atoms with E-state index < -0.39 is 0 Å². The van der Waals surface area contributed by atoms with Crippen LogP contribution < -0.4 is 0 Å². The molecule has 6 heteroatoms. The van der Waals surface area contributed by atoms with Gasteiger partial charge in [-0.2, -0.15) is 5.10 Å². The van der Waals surface area contributed by atoms with Crippen LogP contribution in [0.1, 0.15) is 28.5 Å². The lowest BCUT2D eigenvalue weighted by molar-refractivity contribution is 0.0622. The summed E-state index contributed by atoms with van der Waals surface area (Å²) in [6.45, 7) is 8.85. The van der Waals surface area contributed by atoms with E-state index in [-0.39, 0.29) is 5.91 Å². The lowest BCUT2D eigenvalue weighted by Gasteiger charge is -2.34. The summed E-state index contributed by atoms with van der Waals surface area (Å²) < 4.78 is 1.70. The molecule has 24 heavy (non-hydrogen) atoms. The standard InChI is InChI=1S/C18H23ClN4O/c1-3-23-13-16(19)17(20-23)18(24)22-10-8-21(9-11-22)12-15-6-4-14(2)5-7-15/h4-7,13H,3,8-12H2,1-2H3. The van der Waals surface area contributed by atoms with Gasteiger partial charge in [-0.3, -0.25) is 14.4 Å². The number of hydrogen-bond acceptors (Lipinski definition) is 3. The van der Waals surface area contributed by atoms with Crippen molar-refractivity contribution in [2.75, 3.05) is 26.2 Å². The number of nitrogens with zero attached hydrogens (tertiary/aromatic N) is 4. The second kappa shape index (κ2) is 7.36. The fourth-order valence-electron chi connectivity index (χ4n) is 2.91. The Morgan fingerprint density at radius 1 is 1.17 bits per heavy atom. The third kappa shape index (κ3) is 3.79. The number of halogens is 1. The summed E-state index contributed by atoms with van der Waals surface area (Å²) in [5.41, 5.74) is 2.95. The Balaban J connectivity index is 1.57. The van der Waals surface area contributed by atoms with Gasteiger partial charge in [0, 0.05) is 45.5 Å². The van der Waals surface area contributed by atoms with Gasteiger partial charge in [-0.05, 0) is 19.4 Å². The number of rotatable bonds is 4. The van der Waals surface area contributed by atoms with Gasteiger partial charge >= 0.3 is 0 Å². The molecule has 0 spiro atoms. The zero-order chi connectivity index (χ0) is 17.1. The molecule has 1 saturated heterocycles. The highest BCUT2D eigenvalue weighted by atomic mass is 35.5. The second-order valence-electron chi connectivity index (χ2n) is 6.24. The Kier molecular flexibility index (Phi) is 5.21. The largest absolute Gasteiger partial charge is 0.335 e. The molecule has 1 aromatic heterocycles. The van der Waals surface area contributed by atoms with Crippen LogP contribution in [0.3, 0.4) is 0 Å². The SMILES string of the molecule is CCn1cc(Cl)c(C(=O)N2CCN(Cc3ccc(C)cc3)CC2)n1. The van der Waals surface area contributed by atoms with E-state index in [1.54, 1.807) is 10.9 Å². The molecule has 0 radical (unpaired) electrons. The highest BCUT2D eigenvalue weighted by Crippen LogP contribution is 2.18. The number of benzene rings is 1. The van der Waals surface area contributed by atoms with Crippen molar-refractivity contribution in [2.24, 2.45) is 0 Å². The average molecular weight is 347 g/mol. The van der Waals surface area contributed by atoms with Crippen molar-refractivity contribution in [2.45, 2.75) is 26.9 Å². The predicted molar refractivity (Wildman–Crippen MR) is 95.3 cm³/mol. The maximum absolute atomic E-state index is 12.6. The highest BCUT2D eigenvalue weighted by Gasteiger charge is 2.25. The zero-order valence-corrected chi connectivity index (χ0v) is 15.0. The topological polar surface area (TPSA) is 41.4 Å². The quantitative estimate of drug-likeness (QED) is 0.854. The molecule has 3 rings (SSSR count). The molecule has 0 unspecified atom stereocenters. The van der Waals surface area contributed by atoms with Gasteiger partial charge in [-0.15, -0.1) is 0 Å². The molecule has 2 heterocycles. The van der Waals surface area contributed by atoms with E-state index in [1.807, 2.05) is 11.8 Å². The molecule has 128 valence electrons. The molecule has 1 aliphatic heterocycles. The Labute approximate surface area is 147 Å². The van der Waals surface area contributed by atoms with Crippen LogP contribution in [0.4, 0.5) is 0 Å². The van der Waals surface area contributed by atoms with Crippen LogP contribution in [-0.2, 0) is 13.1 Å². The van der Waals surface area contributed by atoms with Crippen molar-refractivity contribution in [3.63, 3.8) is 0 Å². The van der Waals surface area contributed by atoms with Crippen LogP contribution in [0.15, 0.2) is 30.5 Å². The predicted octanol–water partition coefficient (Wildman–Crippen LogP) is 2.82. The molecular formula is C18H23ClN4O. The van der Waals surface area contributed by atoms with Crippen LogP contribution in [0.5, 0.6) is 0 Å². The normalized spacial score (nSPS) is 15.7. The first-order chi connectivity index (χ1) is 11.6. The summed E-state index contributed by atoms with van der Waals surface area (Å²) in [5.74, 6) is -0.0674. The third-order valence-corrected chi connectivity index (χ3v) is 4.71. The van der Waals surface area contributed by atoms with Crippen LogP contribution in [0, 0.1) is 6.92 Å². The molecule has 0 aliphatic carbocycles. The van der Waals surface area contributed by atoms with Crippen LogP contribution in [0.2, 0.25) is 5.02 Å². The molecule has 2 aromatic rings. The van der Waals surface area contributed by atoms with Gasteiger partial charge in [0.25, 0.3) is 5.91 Å². The molecule has 1 fully saturated rings. The Bertz CT molecular complexity index is 702. The average Bonchev–Trinajstić information content (AvgIpc) is 2.98. The number of piperazine rings is 1. The Hall–Kier alpha value is -1.85. The molecule has 1 aliphatic rings. The minimum atomic E-state index is -0.0674. The van der Waals surface area contributed by atoms with Gasteiger partial charge < -0.3 is 4.90 Å². The smallest absolute Gasteiger partial charge is 0.276 e. The summed E-state index contributed by atoms with van der Waals surface area (Å²) in [7, 11) is 0. The van der Waals surface area contributed by atoms with Crippen molar-refractivity contribution in [3.8, 4) is 0 Å². The van der Waals surface area contributed by atoms with Crippen molar-refractivity contribution < 1.29 is 4.79 Å². The maximum Gasteiger partial charge on any atom is 0.276 e. The molecule has 0 N–H and O–H groups in total. The summed E-state index contributed by atoms with van der Waals surface area (Å²) in [6.07, 6.45) is 1.71. The summed E-state index contributed by atoms with van der Waals surface area (Å²) in [5, 5.41) is 4.71.